The molecule has 0 aliphatic heterocycles. The lowest BCUT2D eigenvalue weighted by Gasteiger charge is -2.15. The predicted octanol–water partition coefficient (Wildman–Crippen LogP) is 5.71. The summed E-state index contributed by atoms with van der Waals surface area (Å²) in [5.74, 6) is 0.357. The number of aromatic nitrogens is 2. The van der Waals surface area contributed by atoms with Crippen molar-refractivity contribution in [2.24, 2.45) is 0 Å². The molecule has 0 saturated heterocycles. The van der Waals surface area contributed by atoms with E-state index in [1.54, 1.807) is 0 Å². The van der Waals surface area contributed by atoms with Crippen LogP contribution >= 0.6 is 0 Å². The van der Waals surface area contributed by atoms with Gasteiger partial charge in [-0.3, -0.25) is 9.97 Å². The zero-order valence-electron chi connectivity index (χ0n) is 14.1. The SMILES string of the molecule is CC.CCC(c1cccnc1)c1ccc(-c2ccccc2)nc1. The van der Waals surface area contributed by atoms with Crippen LogP contribution in [0.25, 0.3) is 11.3 Å². The van der Waals surface area contributed by atoms with Crippen molar-refractivity contribution in [3.05, 3.63) is 84.3 Å². The minimum atomic E-state index is 0.357. The number of pyridine rings is 2. The van der Waals surface area contributed by atoms with E-state index in [1.807, 2.05) is 56.7 Å². The highest BCUT2D eigenvalue weighted by Crippen LogP contribution is 2.28. The highest BCUT2D eigenvalue weighted by Gasteiger charge is 2.12. The zero-order chi connectivity index (χ0) is 16.5. The first-order chi connectivity index (χ1) is 11.4. The summed E-state index contributed by atoms with van der Waals surface area (Å²) in [5, 5.41) is 0. The van der Waals surface area contributed by atoms with Crippen molar-refractivity contribution < 1.29 is 0 Å². The van der Waals surface area contributed by atoms with Crippen LogP contribution in [0.4, 0.5) is 0 Å². The van der Waals surface area contributed by atoms with Gasteiger partial charge in [0.25, 0.3) is 0 Å². The molecule has 0 aliphatic carbocycles. The molecule has 0 N–H and O–H groups in total. The van der Waals surface area contributed by atoms with Gasteiger partial charge in [-0.25, -0.2) is 0 Å². The third kappa shape index (κ3) is 4.26. The van der Waals surface area contributed by atoms with Crippen LogP contribution in [-0.2, 0) is 0 Å². The zero-order valence-corrected chi connectivity index (χ0v) is 14.1. The molecule has 0 bridgehead atoms. The maximum atomic E-state index is 4.62. The number of hydrogen-bond donors (Lipinski definition) is 0. The average molecular weight is 304 g/mol. The van der Waals surface area contributed by atoms with Gasteiger partial charge in [0.15, 0.2) is 0 Å². The molecule has 0 aliphatic rings. The van der Waals surface area contributed by atoms with Crippen LogP contribution in [0.5, 0.6) is 0 Å². The highest BCUT2D eigenvalue weighted by atomic mass is 14.7. The summed E-state index contributed by atoms with van der Waals surface area (Å²) in [4.78, 5) is 8.85. The second kappa shape index (κ2) is 8.84. The van der Waals surface area contributed by atoms with Gasteiger partial charge in [0, 0.05) is 30.1 Å². The minimum Gasteiger partial charge on any atom is -0.264 e. The maximum Gasteiger partial charge on any atom is 0.0702 e. The summed E-state index contributed by atoms with van der Waals surface area (Å²) >= 11 is 0. The molecule has 3 aromatic rings. The Morgan fingerprint density at radius 1 is 0.826 bits per heavy atom. The molecule has 1 atom stereocenters. The summed E-state index contributed by atoms with van der Waals surface area (Å²) in [6, 6.07) is 18.7. The second-order valence-corrected chi connectivity index (χ2v) is 5.09. The van der Waals surface area contributed by atoms with E-state index < -0.39 is 0 Å². The Kier molecular flexibility index (Phi) is 6.49. The Labute approximate surface area is 139 Å². The molecule has 118 valence electrons. The second-order valence-electron chi connectivity index (χ2n) is 5.09. The van der Waals surface area contributed by atoms with Crippen molar-refractivity contribution in [2.75, 3.05) is 0 Å². The van der Waals surface area contributed by atoms with Gasteiger partial charge in [0.2, 0.25) is 0 Å². The van der Waals surface area contributed by atoms with Crippen LogP contribution < -0.4 is 0 Å². The summed E-state index contributed by atoms with van der Waals surface area (Å²) in [7, 11) is 0. The third-order valence-corrected chi connectivity index (χ3v) is 3.75. The molecule has 2 aromatic heterocycles. The normalized spacial score (nSPS) is 11.3. The average Bonchev–Trinajstić information content (AvgIpc) is 2.66. The Hall–Kier alpha value is -2.48. The van der Waals surface area contributed by atoms with E-state index >= 15 is 0 Å². The van der Waals surface area contributed by atoms with Crippen molar-refractivity contribution in [1.29, 1.82) is 0 Å². The molecule has 0 fully saturated rings. The lowest BCUT2D eigenvalue weighted by molar-refractivity contribution is 0.768. The Bertz CT molecular complexity index is 676. The summed E-state index contributed by atoms with van der Waals surface area (Å²) < 4.78 is 0. The van der Waals surface area contributed by atoms with Gasteiger partial charge in [-0.15, -0.1) is 0 Å². The third-order valence-electron chi connectivity index (χ3n) is 3.75. The predicted molar refractivity (Wildman–Crippen MR) is 97.4 cm³/mol. The molecular weight excluding hydrogens is 280 g/mol. The molecule has 1 unspecified atom stereocenters. The molecule has 3 rings (SSSR count). The first-order valence-electron chi connectivity index (χ1n) is 8.29. The first kappa shape index (κ1) is 16.9. The van der Waals surface area contributed by atoms with E-state index in [4.69, 9.17) is 0 Å². The molecule has 2 heterocycles. The van der Waals surface area contributed by atoms with Crippen LogP contribution in [0.2, 0.25) is 0 Å². The fraction of sp³-hybridized carbons (Fsp3) is 0.238. The minimum absolute atomic E-state index is 0.357. The van der Waals surface area contributed by atoms with Gasteiger partial charge < -0.3 is 0 Å². The summed E-state index contributed by atoms with van der Waals surface area (Å²) in [6.45, 7) is 6.20. The van der Waals surface area contributed by atoms with Gasteiger partial charge in [0.05, 0.1) is 5.69 Å². The van der Waals surface area contributed by atoms with Gasteiger partial charge in [-0.2, -0.15) is 0 Å². The van der Waals surface area contributed by atoms with Crippen LogP contribution in [-0.4, -0.2) is 9.97 Å². The molecule has 2 heteroatoms. The number of benzene rings is 1. The summed E-state index contributed by atoms with van der Waals surface area (Å²) in [6.07, 6.45) is 6.79. The molecule has 0 amide bonds. The van der Waals surface area contributed by atoms with E-state index in [0.29, 0.717) is 5.92 Å². The molecule has 1 aromatic carbocycles. The number of rotatable bonds is 4. The molecule has 2 nitrogen and oxygen atoms in total. The first-order valence-corrected chi connectivity index (χ1v) is 8.29. The van der Waals surface area contributed by atoms with Crippen molar-refractivity contribution in [1.82, 2.24) is 9.97 Å². The lowest BCUT2D eigenvalue weighted by atomic mass is 9.91. The fourth-order valence-electron chi connectivity index (χ4n) is 2.64. The lowest BCUT2D eigenvalue weighted by Crippen LogP contribution is -2.01. The Morgan fingerprint density at radius 2 is 1.57 bits per heavy atom. The Balaban J connectivity index is 0.000000924. The largest absolute Gasteiger partial charge is 0.264 e. The van der Waals surface area contributed by atoms with E-state index in [0.717, 1.165) is 17.7 Å². The van der Waals surface area contributed by atoms with Crippen LogP contribution in [0.3, 0.4) is 0 Å². The van der Waals surface area contributed by atoms with Crippen LogP contribution in [0.1, 0.15) is 44.2 Å². The summed E-state index contributed by atoms with van der Waals surface area (Å²) in [5.41, 5.74) is 4.65. The number of nitrogens with zero attached hydrogens (tertiary/aromatic N) is 2. The van der Waals surface area contributed by atoms with Crippen LogP contribution in [0.15, 0.2) is 73.2 Å². The van der Waals surface area contributed by atoms with Gasteiger partial charge >= 0.3 is 0 Å². The molecular formula is C21H24N2. The van der Waals surface area contributed by atoms with Crippen molar-refractivity contribution in [3.63, 3.8) is 0 Å². The van der Waals surface area contributed by atoms with Crippen molar-refractivity contribution in [2.45, 2.75) is 33.1 Å². The van der Waals surface area contributed by atoms with E-state index in [2.05, 4.69) is 47.2 Å². The number of hydrogen-bond acceptors (Lipinski definition) is 2. The molecule has 0 saturated carbocycles. The maximum absolute atomic E-state index is 4.62. The van der Waals surface area contributed by atoms with Crippen molar-refractivity contribution >= 4 is 0 Å². The highest BCUT2D eigenvalue weighted by molar-refractivity contribution is 5.58. The molecule has 0 radical (unpaired) electrons. The topological polar surface area (TPSA) is 25.8 Å². The molecule has 23 heavy (non-hydrogen) atoms. The monoisotopic (exact) mass is 304 g/mol. The van der Waals surface area contributed by atoms with E-state index in [-0.39, 0.29) is 0 Å². The quantitative estimate of drug-likeness (QED) is 0.617. The molecule has 0 spiro atoms. The fourth-order valence-corrected chi connectivity index (χ4v) is 2.64. The Morgan fingerprint density at radius 3 is 2.13 bits per heavy atom. The van der Waals surface area contributed by atoms with E-state index in [9.17, 15) is 0 Å². The van der Waals surface area contributed by atoms with Gasteiger partial charge in [0.1, 0.15) is 0 Å². The van der Waals surface area contributed by atoms with Gasteiger partial charge in [-0.05, 0) is 29.7 Å². The smallest absolute Gasteiger partial charge is 0.0702 e. The van der Waals surface area contributed by atoms with E-state index in [1.165, 1.54) is 11.1 Å². The van der Waals surface area contributed by atoms with Crippen LogP contribution in [0, 0.1) is 0 Å². The van der Waals surface area contributed by atoms with Crippen molar-refractivity contribution in [3.8, 4) is 11.3 Å². The van der Waals surface area contributed by atoms with Gasteiger partial charge in [-0.1, -0.05) is 63.2 Å². The standard InChI is InChI=1S/C19H18N2.C2H6/c1-2-18(16-9-6-12-20-13-16)17-10-11-19(21-14-17)15-7-4-3-5-8-15;1-2/h3-14,18H,2H2,1H3;1-2H3.